The molecule has 0 saturated heterocycles. The fraction of sp³-hybridized carbons (Fsp3) is 0.219. The summed E-state index contributed by atoms with van der Waals surface area (Å²) in [6, 6.07) is 27.9. The third-order valence-electron chi connectivity index (χ3n) is 6.54. The van der Waals surface area contributed by atoms with Crippen molar-refractivity contribution in [1.82, 2.24) is 5.32 Å². The molecule has 0 spiro atoms. The van der Waals surface area contributed by atoms with Crippen LogP contribution in [0.15, 0.2) is 107 Å². The van der Waals surface area contributed by atoms with E-state index in [9.17, 15) is 18.3 Å². The zero-order valence-corrected chi connectivity index (χ0v) is 24.0. The minimum Gasteiger partial charge on any atom is -0.462 e. The second kappa shape index (κ2) is 13.2. The highest BCUT2D eigenvalue weighted by Crippen LogP contribution is 2.30. The molecule has 0 aliphatic heterocycles. The third-order valence-corrected chi connectivity index (χ3v) is 8.60. The molecule has 2 atom stereocenters. The van der Waals surface area contributed by atoms with Gasteiger partial charge in [-0.05, 0) is 78.9 Å². The van der Waals surface area contributed by atoms with Crippen LogP contribution in [0, 0.1) is 0 Å². The predicted octanol–water partition coefficient (Wildman–Crippen LogP) is 6.27. The third kappa shape index (κ3) is 7.17. The number of aliphatic hydroxyl groups excluding tert-OH is 1. The van der Waals surface area contributed by atoms with Crippen molar-refractivity contribution >= 4 is 27.4 Å². The van der Waals surface area contributed by atoms with Gasteiger partial charge in [0.1, 0.15) is 0 Å². The Morgan fingerprint density at radius 1 is 0.925 bits per heavy atom. The van der Waals surface area contributed by atoms with E-state index in [4.69, 9.17) is 16.3 Å². The topological polar surface area (TPSA) is 92.7 Å². The van der Waals surface area contributed by atoms with Gasteiger partial charge in [-0.3, -0.25) is 0 Å². The van der Waals surface area contributed by atoms with Crippen molar-refractivity contribution in [1.29, 1.82) is 0 Å². The molecule has 4 aromatic rings. The van der Waals surface area contributed by atoms with Gasteiger partial charge in [-0.2, -0.15) is 0 Å². The summed E-state index contributed by atoms with van der Waals surface area (Å²) >= 11 is 6.02. The van der Waals surface area contributed by atoms with Crippen molar-refractivity contribution in [3.8, 4) is 11.1 Å². The number of carbonyl (C=O) groups excluding carboxylic acids is 1. The molecule has 8 heteroatoms. The van der Waals surface area contributed by atoms with Crippen LogP contribution in [-0.4, -0.2) is 38.7 Å². The van der Waals surface area contributed by atoms with Crippen LogP contribution in [0.2, 0.25) is 5.02 Å². The maximum atomic E-state index is 13.6. The van der Waals surface area contributed by atoms with Gasteiger partial charge >= 0.3 is 5.97 Å². The fourth-order valence-corrected chi connectivity index (χ4v) is 6.07. The van der Waals surface area contributed by atoms with E-state index in [1.807, 2.05) is 43.3 Å². The van der Waals surface area contributed by atoms with E-state index in [2.05, 4.69) is 5.32 Å². The van der Waals surface area contributed by atoms with Gasteiger partial charge in [-0.15, -0.1) is 0 Å². The predicted molar refractivity (Wildman–Crippen MR) is 157 cm³/mol. The Hall–Kier alpha value is -3.49. The average molecular weight is 578 g/mol. The van der Waals surface area contributed by atoms with Crippen molar-refractivity contribution in [2.45, 2.75) is 42.2 Å². The van der Waals surface area contributed by atoms with Crippen molar-refractivity contribution in [2.24, 2.45) is 0 Å². The number of nitrogens with one attached hydrogen (secondary N) is 1. The number of hydrogen-bond acceptors (Lipinski definition) is 6. The zero-order valence-electron chi connectivity index (χ0n) is 22.4. The molecule has 2 N–H and O–H groups in total. The van der Waals surface area contributed by atoms with Crippen molar-refractivity contribution < 1.29 is 23.1 Å². The Morgan fingerprint density at radius 3 is 2.33 bits per heavy atom. The summed E-state index contributed by atoms with van der Waals surface area (Å²) in [5.74, 6) is -0.685. The number of aliphatic hydroxyl groups is 1. The Kier molecular flexibility index (Phi) is 9.76. The molecule has 6 nitrogen and oxygen atoms in total. The standard InChI is InChI=1S/C32H32ClNO5S/c1-3-39-32(36)29-20-25(24-8-5-4-6-9-24)14-17-31(29)40(37,38)28-15-12-23(13-16-28)18-22(2)34-21-30(35)26-10-7-11-27(33)19-26/h4-17,19-20,22,30,34-35H,3,18,21H2,1-2H3/t22-,30-/m1/s1. The molecule has 0 saturated carbocycles. The lowest BCUT2D eigenvalue weighted by atomic mass is 10.0. The molecule has 208 valence electrons. The van der Waals surface area contributed by atoms with E-state index < -0.39 is 21.9 Å². The maximum Gasteiger partial charge on any atom is 0.339 e. The molecule has 40 heavy (non-hydrogen) atoms. The number of sulfone groups is 1. The molecule has 0 radical (unpaired) electrons. The Balaban J connectivity index is 1.49. The van der Waals surface area contributed by atoms with Gasteiger partial charge in [-0.25, -0.2) is 13.2 Å². The first-order chi connectivity index (χ1) is 19.2. The fourth-order valence-electron chi connectivity index (χ4n) is 4.44. The maximum absolute atomic E-state index is 13.6. The Morgan fingerprint density at radius 2 is 1.65 bits per heavy atom. The largest absolute Gasteiger partial charge is 0.462 e. The number of hydrogen-bond donors (Lipinski definition) is 2. The molecular weight excluding hydrogens is 546 g/mol. The summed E-state index contributed by atoms with van der Waals surface area (Å²) in [4.78, 5) is 12.8. The van der Waals surface area contributed by atoms with Gasteiger partial charge in [0.05, 0.1) is 28.1 Å². The SMILES string of the molecule is CCOC(=O)c1cc(-c2ccccc2)ccc1S(=O)(=O)c1ccc(C[C@@H](C)NC[C@@H](O)c2cccc(Cl)c2)cc1. The number of rotatable bonds is 11. The monoisotopic (exact) mass is 577 g/mol. The Labute approximate surface area is 240 Å². The summed E-state index contributed by atoms with van der Waals surface area (Å²) in [7, 11) is -3.99. The van der Waals surface area contributed by atoms with Crippen LogP contribution in [0.5, 0.6) is 0 Å². The molecule has 0 heterocycles. The van der Waals surface area contributed by atoms with Crippen LogP contribution in [0.4, 0.5) is 0 Å². The number of benzene rings is 4. The van der Waals surface area contributed by atoms with Gasteiger partial charge in [0.15, 0.2) is 0 Å². The highest BCUT2D eigenvalue weighted by molar-refractivity contribution is 7.91. The Bertz CT molecular complexity index is 1560. The van der Waals surface area contributed by atoms with Crippen LogP contribution in [-0.2, 0) is 21.0 Å². The quantitative estimate of drug-likeness (QED) is 0.204. The van der Waals surface area contributed by atoms with Gasteiger partial charge in [0.25, 0.3) is 0 Å². The number of halogens is 1. The van der Waals surface area contributed by atoms with Gasteiger partial charge < -0.3 is 15.2 Å². The van der Waals surface area contributed by atoms with E-state index in [0.717, 1.165) is 22.3 Å². The molecule has 0 unspecified atom stereocenters. The lowest BCUT2D eigenvalue weighted by Crippen LogP contribution is -2.32. The highest BCUT2D eigenvalue weighted by atomic mass is 35.5. The number of ether oxygens (including phenoxy) is 1. The summed E-state index contributed by atoms with van der Waals surface area (Å²) in [5, 5.41) is 14.3. The summed E-state index contributed by atoms with van der Waals surface area (Å²) < 4.78 is 32.4. The van der Waals surface area contributed by atoms with Crippen LogP contribution in [0.25, 0.3) is 11.1 Å². The lowest BCUT2D eigenvalue weighted by molar-refractivity contribution is 0.0522. The van der Waals surface area contributed by atoms with Crippen molar-refractivity contribution in [3.63, 3.8) is 0 Å². The van der Waals surface area contributed by atoms with Crippen LogP contribution in [0.3, 0.4) is 0 Å². The molecule has 0 bridgehead atoms. The van der Waals surface area contributed by atoms with Gasteiger partial charge in [0, 0.05) is 17.6 Å². The minimum absolute atomic E-state index is 0.00311. The number of carbonyl (C=O) groups is 1. The van der Waals surface area contributed by atoms with E-state index in [0.29, 0.717) is 18.0 Å². The average Bonchev–Trinajstić information content (AvgIpc) is 2.96. The first-order valence-electron chi connectivity index (χ1n) is 13.1. The van der Waals surface area contributed by atoms with E-state index in [1.165, 1.54) is 6.07 Å². The van der Waals surface area contributed by atoms with E-state index in [1.54, 1.807) is 61.5 Å². The minimum atomic E-state index is -3.99. The van der Waals surface area contributed by atoms with Crippen molar-refractivity contribution in [3.05, 3.63) is 119 Å². The smallest absolute Gasteiger partial charge is 0.339 e. The summed E-state index contributed by atoms with van der Waals surface area (Å²) in [5.41, 5.74) is 3.26. The molecule has 0 aliphatic carbocycles. The van der Waals surface area contributed by atoms with Gasteiger partial charge in [0.2, 0.25) is 9.84 Å². The lowest BCUT2D eigenvalue weighted by Gasteiger charge is -2.18. The second-order valence-electron chi connectivity index (χ2n) is 9.53. The van der Waals surface area contributed by atoms with E-state index in [-0.39, 0.29) is 28.0 Å². The first kappa shape index (κ1) is 29.5. The first-order valence-corrected chi connectivity index (χ1v) is 14.9. The molecule has 4 rings (SSSR count). The zero-order chi connectivity index (χ0) is 28.7. The van der Waals surface area contributed by atoms with Crippen LogP contribution >= 0.6 is 11.6 Å². The summed E-state index contributed by atoms with van der Waals surface area (Å²) in [6.07, 6.45) is -0.0711. The van der Waals surface area contributed by atoms with Crippen LogP contribution < -0.4 is 5.32 Å². The molecule has 0 aliphatic rings. The van der Waals surface area contributed by atoms with Gasteiger partial charge in [-0.1, -0.05) is 72.3 Å². The normalized spacial score (nSPS) is 13.0. The molecule has 0 fully saturated rings. The summed E-state index contributed by atoms with van der Waals surface area (Å²) in [6.45, 7) is 4.16. The molecule has 0 amide bonds. The van der Waals surface area contributed by atoms with Crippen molar-refractivity contribution in [2.75, 3.05) is 13.2 Å². The molecule has 4 aromatic carbocycles. The number of esters is 1. The second-order valence-corrected chi connectivity index (χ2v) is 11.9. The van der Waals surface area contributed by atoms with Crippen LogP contribution in [0.1, 0.15) is 41.4 Å². The van der Waals surface area contributed by atoms with E-state index >= 15 is 0 Å². The molecular formula is C32H32ClNO5S. The highest BCUT2D eigenvalue weighted by Gasteiger charge is 2.26. The molecule has 0 aromatic heterocycles.